The van der Waals surface area contributed by atoms with E-state index in [-0.39, 0.29) is 0 Å². The van der Waals surface area contributed by atoms with E-state index >= 15 is 0 Å². The Morgan fingerprint density at radius 3 is 0.973 bits per heavy atom. The molecule has 1 aliphatic rings. The molecule has 2 heteroatoms. The van der Waals surface area contributed by atoms with Gasteiger partial charge in [-0.2, -0.15) is 0 Å². The number of hydrogen-bond donors (Lipinski definition) is 0. The normalized spacial score (nSPS) is 15.4. The van der Waals surface area contributed by atoms with Crippen LogP contribution >= 0.6 is 0 Å². The van der Waals surface area contributed by atoms with Gasteiger partial charge in [-0.25, -0.2) is 0 Å². The van der Waals surface area contributed by atoms with E-state index in [1.807, 2.05) is 0 Å². The fourth-order valence-electron chi connectivity index (χ4n) is 6.01. The van der Waals surface area contributed by atoms with Crippen molar-refractivity contribution in [3.05, 3.63) is 12.4 Å². The molecule has 0 aromatic rings. The van der Waals surface area contributed by atoms with E-state index in [4.69, 9.17) is 0 Å². The van der Waals surface area contributed by atoms with Gasteiger partial charge in [-0.05, 0) is 25.7 Å². The van der Waals surface area contributed by atoms with Gasteiger partial charge < -0.3 is 9.80 Å². The average molecular weight is 519 g/mol. The summed E-state index contributed by atoms with van der Waals surface area (Å²) in [4.78, 5) is 5.38. The van der Waals surface area contributed by atoms with Gasteiger partial charge in [0.1, 0.15) is 6.17 Å². The van der Waals surface area contributed by atoms with Crippen molar-refractivity contribution in [3.8, 4) is 0 Å². The lowest BCUT2D eigenvalue weighted by atomic mass is 10.0. The predicted octanol–water partition coefficient (Wildman–Crippen LogP) is 12.0. The fraction of sp³-hybridized carbons (Fsp3) is 0.943. The molecule has 0 aromatic carbocycles. The summed E-state index contributed by atoms with van der Waals surface area (Å²) in [6.45, 7) is 9.46. The second-order valence-electron chi connectivity index (χ2n) is 12.2. The van der Waals surface area contributed by atoms with Crippen LogP contribution in [-0.2, 0) is 0 Å². The van der Waals surface area contributed by atoms with Gasteiger partial charge in [0.05, 0.1) is 0 Å². The van der Waals surface area contributed by atoms with E-state index in [0.29, 0.717) is 6.17 Å². The quantitative estimate of drug-likeness (QED) is 0.0908. The molecule has 2 nitrogen and oxygen atoms in total. The van der Waals surface area contributed by atoms with Crippen molar-refractivity contribution in [3.63, 3.8) is 0 Å². The Bertz CT molecular complexity index is 474. The van der Waals surface area contributed by atoms with Crippen molar-refractivity contribution >= 4 is 0 Å². The van der Waals surface area contributed by atoms with Crippen molar-refractivity contribution in [1.29, 1.82) is 0 Å². The number of hydrogen-bond acceptors (Lipinski definition) is 2. The molecular formula is C35H70N2. The van der Waals surface area contributed by atoms with Crippen LogP contribution < -0.4 is 0 Å². The van der Waals surface area contributed by atoms with E-state index in [1.165, 1.54) is 186 Å². The summed E-state index contributed by atoms with van der Waals surface area (Å²) in [5.74, 6) is 0. The Morgan fingerprint density at radius 1 is 0.351 bits per heavy atom. The molecule has 0 bridgehead atoms. The molecule has 0 spiro atoms. The third-order valence-electron chi connectivity index (χ3n) is 8.57. The molecule has 0 fully saturated rings. The molecule has 0 saturated heterocycles. The minimum Gasteiger partial charge on any atom is -0.356 e. The van der Waals surface area contributed by atoms with Crippen molar-refractivity contribution in [1.82, 2.24) is 9.80 Å². The summed E-state index contributed by atoms with van der Waals surface area (Å²) < 4.78 is 0. The van der Waals surface area contributed by atoms with Crippen LogP contribution in [0, 0.1) is 0 Å². The molecule has 1 atom stereocenters. The van der Waals surface area contributed by atoms with Crippen molar-refractivity contribution in [2.24, 2.45) is 0 Å². The molecular weight excluding hydrogens is 448 g/mol. The van der Waals surface area contributed by atoms with Gasteiger partial charge in [-0.3, -0.25) is 0 Å². The van der Waals surface area contributed by atoms with Gasteiger partial charge in [-0.15, -0.1) is 0 Å². The minimum atomic E-state index is 0.642. The Labute approximate surface area is 235 Å². The second kappa shape index (κ2) is 26.9. The molecule has 1 unspecified atom stereocenters. The Balaban J connectivity index is 2.17. The van der Waals surface area contributed by atoms with Gasteiger partial charge in [0.15, 0.2) is 0 Å². The lowest BCUT2D eigenvalue weighted by Crippen LogP contribution is -2.39. The van der Waals surface area contributed by atoms with E-state index in [9.17, 15) is 0 Å². The van der Waals surface area contributed by atoms with Gasteiger partial charge in [-0.1, -0.05) is 168 Å². The summed E-state index contributed by atoms with van der Waals surface area (Å²) in [6.07, 6.45) is 44.0. The van der Waals surface area contributed by atoms with Crippen LogP contribution in [0.2, 0.25) is 0 Å². The number of rotatable bonds is 29. The predicted molar refractivity (Wildman–Crippen MR) is 168 cm³/mol. The van der Waals surface area contributed by atoms with Crippen LogP contribution in [0.4, 0.5) is 0 Å². The first-order chi connectivity index (χ1) is 18.3. The lowest BCUT2D eigenvalue weighted by Gasteiger charge is -2.33. The van der Waals surface area contributed by atoms with Crippen LogP contribution in [0.15, 0.2) is 12.4 Å². The Kier molecular flexibility index (Phi) is 25.0. The molecule has 0 radical (unpaired) electrons. The lowest BCUT2D eigenvalue weighted by molar-refractivity contribution is 0.135. The van der Waals surface area contributed by atoms with E-state index in [0.717, 1.165) is 0 Å². The van der Waals surface area contributed by atoms with Crippen LogP contribution in [-0.4, -0.2) is 29.1 Å². The maximum absolute atomic E-state index is 2.70. The van der Waals surface area contributed by atoms with Crippen LogP contribution in [0.5, 0.6) is 0 Å². The molecule has 0 aromatic heterocycles. The molecule has 0 aliphatic carbocycles. The van der Waals surface area contributed by atoms with Gasteiger partial charge in [0, 0.05) is 25.5 Å². The van der Waals surface area contributed by atoms with Crippen LogP contribution in [0.3, 0.4) is 0 Å². The molecule has 0 saturated carbocycles. The van der Waals surface area contributed by atoms with Crippen LogP contribution in [0.1, 0.15) is 194 Å². The monoisotopic (exact) mass is 519 g/mol. The molecule has 1 aliphatic heterocycles. The zero-order chi connectivity index (χ0) is 26.7. The number of nitrogens with zero attached hydrogens (tertiary/aromatic N) is 2. The van der Waals surface area contributed by atoms with E-state index in [1.54, 1.807) is 0 Å². The van der Waals surface area contributed by atoms with Crippen molar-refractivity contribution in [2.75, 3.05) is 13.1 Å². The van der Waals surface area contributed by atoms with Crippen molar-refractivity contribution in [2.45, 2.75) is 200 Å². The summed E-state index contributed by atoms with van der Waals surface area (Å²) in [5.41, 5.74) is 0. The molecule has 1 rings (SSSR count). The summed E-state index contributed by atoms with van der Waals surface area (Å²) in [7, 11) is 0. The summed E-state index contributed by atoms with van der Waals surface area (Å²) in [5, 5.41) is 0. The second-order valence-corrected chi connectivity index (χ2v) is 12.2. The minimum absolute atomic E-state index is 0.642. The van der Waals surface area contributed by atoms with E-state index < -0.39 is 0 Å². The largest absolute Gasteiger partial charge is 0.356 e. The fourth-order valence-corrected chi connectivity index (χ4v) is 6.01. The van der Waals surface area contributed by atoms with Gasteiger partial charge in [0.2, 0.25) is 0 Å². The first-order valence-electron chi connectivity index (χ1n) is 17.5. The van der Waals surface area contributed by atoms with Crippen LogP contribution in [0.25, 0.3) is 0 Å². The van der Waals surface area contributed by atoms with E-state index in [2.05, 4.69) is 43.0 Å². The zero-order valence-electron chi connectivity index (χ0n) is 26.1. The zero-order valence-corrected chi connectivity index (χ0v) is 26.1. The first-order valence-corrected chi connectivity index (χ1v) is 17.5. The highest BCUT2D eigenvalue weighted by molar-refractivity contribution is 4.97. The molecule has 0 N–H and O–H groups in total. The summed E-state index contributed by atoms with van der Waals surface area (Å²) >= 11 is 0. The molecule has 1 heterocycles. The third kappa shape index (κ3) is 20.0. The van der Waals surface area contributed by atoms with Gasteiger partial charge in [0.25, 0.3) is 0 Å². The summed E-state index contributed by atoms with van der Waals surface area (Å²) in [6, 6.07) is 0. The molecule has 37 heavy (non-hydrogen) atoms. The highest BCUT2D eigenvalue weighted by atomic mass is 15.4. The number of unbranched alkanes of at least 4 members (excludes halogenated alkanes) is 23. The van der Waals surface area contributed by atoms with Crippen molar-refractivity contribution < 1.29 is 0 Å². The smallest absolute Gasteiger partial charge is 0.101 e. The maximum Gasteiger partial charge on any atom is 0.101 e. The highest BCUT2D eigenvalue weighted by Crippen LogP contribution is 2.24. The standard InChI is InChI=1S/C35H70N2/c1-4-7-10-13-15-17-19-21-23-25-27-30-35-36(31-28-12-9-6-3)33-34-37(35)32-29-26-24-22-20-18-16-14-11-8-5-2/h33-35H,4-32H2,1-3H3. The first kappa shape index (κ1) is 34.4. The Hall–Kier alpha value is -0.660. The average Bonchev–Trinajstić information content (AvgIpc) is 3.29. The Morgan fingerprint density at radius 2 is 0.622 bits per heavy atom. The van der Waals surface area contributed by atoms with Gasteiger partial charge >= 0.3 is 0 Å². The molecule has 0 amide bonds. The highest BCUT2D eigenvalue weighted by Gasteiger charge is 2.24. The topological polar surface area (TPSA) is 6.48 Å². The third-order valence-corrected chi connectivity index (χ3v) is 8.57. The SMILES string of the molecule is CCCCCCCCCCCCCC1N(CCCCCC)C=CN1CCCCCCCCCCCCC. The molecule has 220 valence electrons. The maximum atomic E-state index is 2.70.